The van der Waals surface area contributed by atoms with Crippen molar-refractivity contribution in [1.82, 2.24) is 10.2 Å². The van der Waals surface area contributed by atoms with Gasteiger partial charge >= 0.3 is 0 Å². The number of amides is 1. The summed E-state index contributed by atoms with van der Waals surface area (Å²) in [5.74, 6) is 1.33. The molecule has 148 valence electrons. The van der Waals surface area contributed by atoms with E-state index in [2.05, 4.69) is 15.5 Å². The molecule has 0 unspecified atom stereocenters. The van der Waals surface area contributed by atoms with Crippen LogP contribution in [0.15, 0.2) is 91.0 Å². The number of aromatic nitrogens is 2. The minimum absolute atomic E-state index is 0.188. The van der Waals surface area contributed by atoms with Crippen molar-refractivity contribution in [2.24, 2.45) is 0 Å². The zero-order valence-electron chi connectivity index (χ0n) is 16.3. The Morgan fingerprint density at radius 3 is 2.30 bits per heavy atom. The number of anilines is 1. The number of hydrogen-bond acceptors (Lipinski definition) is 5. The van der Waals surface area contributed by atoms with Gasteiger partial charge in [0.05, 0.1) is 12.8 Å². The van der Waals surface area contributed by atoms with Crippen molar-refractivity contribution in [3.63, 3.8) is 0 Å². The molecule has 6 heteroatoms. The van der Waals surface area contributed by atoms with E-state index in [1.165, 1.54) is 0 Å². The number of nitrogens with one attached hydrogen (secondary N) is 1. The predicted molar refractivity (Wildman–Crippen MR) is 115 cm³/mol. The van der Waals surface area contributed by atoms with Gasteiger partial charge in [-0.25, -0.2) is 0 Å². The second-order valence-electron chi connectivity index (χ2n) is 6.41. The molecule has 0 saturated heterocycles. The van der Waals surface area contributed by atoms with Gasteiger partial charge in [0.2, 0.25) is 5.88 Å². The first-order chi connectivity index (χ1) is 14.7. The lowest BCUT2D eigenvalue weighted by molar-refractivity contribution is 0.102. The molecule has 3 aromatic carbocycles. The highest BCUT2D eigenvalue weighted by atomic mass is 16.5. The van der Waals surface area contributed by atoms with Gasteiger partial charge < -0.3 is 14.8 Å². The third-order valence-electron chi connectivity index (χ3n) is 4.38. The van der Waals surface area contributed by atoms with E-state index in [0.717, 1.165) is 11.3 Å². The lowest BCUT2D eigenvalue weighted by Gasteiger charge is -2.09. The van der Waals surface area contributed by atoms with Crippen molar-refractivity contribution in [3.05, 3.63) is 96.6 Å². The fourth-order valence-corrected chi connectivity index (χ4v) is 2.89. The van der Waals surface area contributed by atoms with E-state index in [-0.39, 0.29) is 5.91 Å². The van der Waals surface area contributed by atoms with Crippen molar-refractivity contribution >= 4 is 11.6 Å². The summed E-state index contributed by atoms with van der Waals surface area (Å²) in [5, 5.41) is 11.3. The van der Waals surface area contributed by atoms with Gasteiger partial charge in [-0.15, -0.1) is 10.2 Å². The van der Waals surface area contributed by atoms with E-state index in [4.69, 9.17) is 9.47 Å². The van der Waals surface area contributed by atoms with E-state index in [0.29, 0.717) is 28.6 Å². The van der Waals surface area contributed by atoms with Gasteiger partial charge in [0.25, 0.3) is 5.91 Å². The minimum atomic E-state index is -0.188. The molecular weight excluding hydrogens is 378 g/mol. The highest BCUT2D eigenvalue weighted by molar-refractivity contribution is 6.04. The van der Waals surface area contributed by atoms with Crippen molar-refractivity contribution in [3.8, 4) is 28.6 Å². The van der Waals surface area contributed by atoms with Gasteiger partial charge in [-0.1, -0.05) is 42.5 Å². The third-order valence-corrected chi connectivity index (χ3v) is 4.38. The zero-order chi connectivity index (χ0) is 20.8. The topological polar surface area (TPSA) is 73.3 Å². The Kier molecular flexibility index (Phi) is 5.66. The summed E-state index contributed by atoms with van der Waals surface area (Å²) in [5.41, 5.74) is 2.70. The van der Waals surface area contributed by atoms with Crippen molar-refractivity contribution in [1.29, 1.82) is 0 Å². The highest BCUT2D eigenvalue weighted by Gasteiger charge is 2.10. The fourth-order valence-electron chi connectivity index (χ4n) is 2.89. The Balaban J connectivity index is 1.50. The molecule has 0 aliphatic rings. The van der Waals surface area contributed by atoms with E-state index in [1.807, 2.05) is 60.7 Å². The van der Waals surface area contributed by atoms with Crippen LogP contribution in [-0.4, -0.2) is 23.2 Å². The maximum atomic E-state index is 12.5. The number of methoxy groups -OCH3 is 1. The van der Waals surface area contributed by atoms with Crippen molar-refractivity contribution in [2.75, 3.05) is 12.4 Å². The molecule has 1 N–H and O–H groups in total. The minimum Gasteiger partial charge on any atom is -0.493 e. The maximum Gasteiger partial charge on any atom is 0.255 e. The Hall–Kier alpha value is -4.19. The fraction of sp³-hybridized carbons (Fsp3) is 0.0417. The first-order valence-electron chi connectivity index (χ1n) is 9.34. The molecule has 0 fully saturated rings. The quantitative estimate of drug-likeness (QED) is 0.484. The lowest BCUT2D eigenvalue weighted by atomic mass is 10.1. The normalized spacial score (nSPS) is 10.3. The van der Waals surface area contributed by atoms with Gasteiger partial charge in [0.15, 0.2) is 11.5 Å². The maximum absolute atomic E-state index is 12.5. The number of carbonyl (C=O) groups is 1. The average Bonchev–Trinajstić information content (AvgIpc) is 2.81. The molecule has 0 saturated carbocycles. The van der Waals surface area contributed by atoms with Crippen LogP contribution in [0.1, 0.15) is 10.4 Å². The molecule has 6 nitrogen and oxygen atoms in total. The van der Waals surface area contributed by atoms with Crippen LogP contribution in [0, 0.1) is 0 Å². The molecule has 1 amide bonds. The second-order valence-corrected chi connectivity index (χ2v) is 6.41. The lowest BCUT2D eigenvalue weighted by Crippen LogP contribution is -2.11. The number of carbonyl (C=O) groups excluding carboxylic acids is 1. The van der Waals surface area contributed by atoms with E-state index >= 15 is 0 Å². The summed E-state index contributed by atoms with van der Waals surface area (Å²) in [6.45, 7) is 0. The van der Waals surface area contributed by atoms with E-state index < -0.39 is 0 Å². The summed E-state index contributed by atoms with van der Waals surface area (Å²) in [7, 11) is 1.58. The number of hydrogen-bond donors (Lipinski definition) is 1. The summed E-state index contributed by atoms with van der Waals surface area (Å²) in [4.78, 5) is 12.5. The van der Waals surface area contributed by atoms with Crippen LogP contribution >= 0.6 is 0 Å². The first kappa shape index (κ1) is 19.1. The van der Waals surface area contributed by atoms with Crippen LogP contribution in [0.5, 0.6) is 17.4 Å². The molecule has 0 spiro atoms. The smallest absolute Gasteiger partial charge is 0.255 e. The zero-order valence-corrected chi connectivity index (χ0v) is 16.3. The molecule has 1 aromatic heterocycles. The van der Waals surface area contributed by atoms with Gasteiger partial charge in [0.1, 0.15) is 0 Å². The van der Waals surface area contributed by atoms with Crippen LogP contribution in [0.25, 0.3) is 11.3 Å². The number of nitrogens with zero attached hydrogens (tertiary/aromatic N) is 2. The SMILES string of the molecule is COc1ccccc1Oc1ccc(-c2cccc(C(=O)Nc3ccccc3)c2)nn1. The first-order valence-corrected chi connectivity index (χ1v) is 9.34. The van der Waals surface area contributed by atoms with Gasteiger partial charge in [0, 0.05) is 22.9 Å². The molecule has 4 rings (SSSR count). The van der Waals surface area contributed by atoms with E-state index in [1.54, 1.807) is 37.4 Å². The van der Waals surface area contributed by atoms with Crippen LogP contribution in [0.2, 0.25) is 0 Å². The summed E-state index contributed by atoms with van der Waals surface area (Å²) >= 11 is 0. The van der Waals surface area contributed by atoms with Crippen LogP contribution in [0.3, 0.4) is 0 Å². The molecule has 0 bridgehead atoms. The number of para-hydroxylation sites is 3. The Labute approximate surface area is 174 Å². The van der Waals surface area contributed by atoms with Crippen LogP contribution in [-0.2, 0) is 0 Å². The Morgan fingerprint density at radius 1 is 0.800 bits per heavy atom. The largest absolute Gasteiger partial charge is 0.493 e. The van der Waals surface area contributed by atoms with Crippen LogP contribution in [0.4, 0.5) is 5.69 Å². The van der Waals surface area contributed by atoms with E-state index in [9.17, 15) is 4.79 Å². The number of ether oxygens (including phenoxy) is 2. The third kappa shape index (κ3) is 4.44. The number of rotatable bonds is 6. The molecule has 0 aliphatic heterocycles. The predicted octanol–water partition coefficient (Wildman–Crippen LogP) is 5.20. The van der Waals surface area contributed by atoms with Crippen molar-refractivity contribution < 1.29 is 14.3 Å². The molecule has 1 heterocycles. The molecular formula is C24H19N3O3. The highest BCUT2D eigenvalue weighted by Crippen LogP contribution is 2.30. The van der Waals surface area contributed by atoms with Crippen LogP contribution < -0.4 is 14.8 Å². The second kappa shape index (κ2) is 8.87. The Morgan fingerprint density at radius 2 is 1.57 bits per heavy atom. The summed E-state index contributed by atoms with van der Waals surface area (Å²) < 4.78 is 11.0. The molecule has 0 radical (unpaired) electrons. The molecule has 0 aliphatic carbocycles. The van der Waals surface area contributed by atoms with Gasteiger partial charge in [-0.3, -0.25) is 4.79 Å². The Bertz CT molecular complexity index is 1150. The summed E-state index contributed by atoms with van der Waals surface area (Å²) in [6, 6.07) is 27.4. The number of benzene rings is 3. The molecule has 4 aromatic rings. The molecule has 0 atom stereocenters. The summed E-state index contributed by atoms with van der Waals surface area (Å²) in [6.07, 6.45) is 0. The molecule has 30 heavy (non-hydrogen) atoms. The van der Waals surface area contributed by atoms with Crippen molar-refractivity contribution in [2.45, 2.75) is 0 Å². The average molecular weight is 397 g/mol. The standard InChI is InChI=1S/C24H19N3O3/c1-29-21-12-5-6-13-22(21)30-23-15-14-20(26-27-23)17-8-7-9-18(16-17)24(28)25-19-10-3-2-4-11-19/h2-16H,1H3,(H,25,28). The van der Waals surface area contributed by atoms with Gasteiger partial charge in [-0.2, -0.15) is 0 Å². The van der Waals surface area contributed by atoms with Gasteiger partial charge in [-0.05, 0) is 42.5 Å². The monoisotopic (exact) mass is 397 g/mol.